The number of aromatic nitrogens is 4. The second kappa shape index (κ2) is 6.43. The van der Waals surface area contributed by atoms with E-state index in [0.29, 0.717) is 11.8 Å². The molecule has 0 bridgehead atoms. The summed E-state index contributed by atoms with van der Waals surface area (Å²) >= 11 is 1.68. The van der Waals surface area contributed by atoms with E-state index in [2.05, 4.69) is 46.0 Å². The summed E-state index contributed by atoms with van der Waals surface area (Å²) in [5.74, 6) is 1.25. The molecule has 0 saturated carbocycles. The van der Waals surface area contributed by atoms with Gasteiger partial charge in [-0.2, -0.15) is 0 Å². The molecule has 4 rings (SSSR count). The van der Waals surface area contributed by atoms with Crippen LogP contribution in [0.25, 0.3) is 5.69 Å². The molecule has 0 fully saturated rings. The van der Waals surface area contributed by atoms with Gasteiger partial charge >= 0.3 is 0 Å². The van der Waals surface area contributed by atoms with Gasteiger partial charge in [-0.1, -0.05) is 30.0 Å². The summed E-state index contributed by atoms with van der Waals surface area (Å²) in [5.41, 5.74) is 3.76. The molecular weight excluding hydrogens is 320 g/mol. The van der Waals surface area contributed by atoms with Crippen molar-refractivity contribution >= 4 is 11.8 Å². The van der Waals surface area contributed by atoms with Crippen LogP contribution in [0.1, 0.15) is 48.2 Å². The maximum Gasteiger partial charge on any atom is 0.229 e. The van der Waals surface area contributed by atoms with Crippen molar-refractivity contribution in [3.63, 3.8) is 0 Å². The highest BCUT2D eigenvalue weighted by Crippen LogP contribution is 2.37. The lowest BCUT2D eigenvalue weighted by molar-refractivity contribution is 0.470. The monoisotopic (exact) mass is 340 g/mol. The van der Waals surface area contributed by atoms with Gasteiger partial charge in [0, 0.05) is 18.3 Å². The van der Waals surface area contributed by atoms with Gasteiger partial charge in [-0.25, -0.2) is 4.98 Å². The molecule has 1 atom stereocenters. The minimum Gasteiger partial charge on any atom is -0.424 e. The largest absolute Gasteiger partial charge is 0.424 e. The van der Waals surface area contributed by atoms with Crippen LogP contribution in [0, 0.1) is 6.92 Å². The molecule has 1 aromatic carbocycles. The van der Waals surface area contributed by atoms with E-state index in [0.717, 1.165) is 18.0 Å². The van der Waals surface area contributed by atoms with Crippen LogP contribution in [0.5, 0.6) is 0 Å². The summed E-state index contributed by atoms with van der Waals surface area (Å²) in [6.07, 6.45) is 4.61. The van der Waals surface area contributed by atoms with E-state index in [4.69, 9.17) is 9.40 Å². The molecule has 0 saturated heterocycles. The molecule has 2 heterocycles. The Hall–Kier alpha value is -2.08. The third-order valence-electron chi connectivity index (χ3n) is 4.29. The van der Waals surface area contributed by atoms with Gasteiger partial charge < -0.3 is 4.42 Å². The number of hydrogen-bond acceptors (Lipinski definition) is 5. The Morgan fingerprint density at radius 1 is 1.12 bits per heavy atom. The van der Waals surface area contributed by atoms with Crippen molar-refractivity contribution in [1.29, 1.82) is 0 Å². The zero-order chi connectivity index (χ0) is 16.5. The number of thioether (sulfide) groups is 1. The molecule has 124 valence electrons. The second-order valence-electron chi connectivity index (χ2n) is 6.09. The van der Waals surface area contributed by atoms with Gasteiger partial charge in [0.1, 0.15) is 0 Å². The number of aryl methyl sites for hydroxylation is 2. The standard InChI is InChI=1S/C18H20N4OS/c1-12(17-21-20-13(2)23-17)24-18-19-15-10-6-7-11-16(15)22(18)14-8-4-3-5-9-14/h3-5,8-9,12H,6-7,10-11H2,1-2H3/t12-/m0/s1. The van der Waals surface area contributed by atoms with Crippen molar-refractivity contribution in [2.24, 2.45) is 0 Å². The SMILES string of the molecule is Cc1nnc([C@H](C)Sc2nc3c(n2-c2ccccc2)CCCC3)o1. The van der Waals surface area contributed by atoms with Crippen molar-refractivity contribution in [3.05, 3.63) is 53.5 Å². The van der Waals surface area contributed by atoms with E-state index in [-0.39, 0.29) is 5.25 Å². The molecule has 1 aliphatic rings. The van der Waals surface area contributed by atoms with Gasteiger partial charge in [-0.15, -0.1) is 10.2 Å². The molecule has 24 heavy (non-hydrogen) atoms. The fourth-order valence-electron chi connectivity index (χ4n) is 3.12. The molecule has 5 nitrogen and oxygen atoms in total. The molecule has 0 unspecified atom stereocenters. The predicted molar refractivity (Wildman–Crippen MR) is 93.5 cm³/mol. The van der Waals surface area contributed by atoms with Crippen LogP contribution in [0.3, 0.4) is 0 Å². The first-order chi connectivity index (χ1) is 11.7. The molecule has 0 radical (unpaired) electrons. The first-order valence-corrected chi connectivity index (χ1v) is 9.23. The first kappa shape index (κ1) is 15.4. The van der Waals surface area contributed by atoms with E-state index >= 15 is 0 Å². The van der Waals surface area contributed by atoms with Gasteiger partial charge in [0.15, 0.2) is 5.16 Å². The number of para-hydroxylation sites is 1. The summed E-state index contributed by atoms with van der Waals surface area (Å²) in [7, 11) is 0. The molecule has 3 aromatic rings. The Balaban J connectivity index is 1.73. The maximum absolute atomic E-state index is 5.59. The zero-order valence-corrected chi connectivity index (χ0v) is 14.7. The van der Waals surface area contributed by atoms with Gasteiger partial charge in [0.25, 0.3) is 0 Å². The van der Waals surface area contributed by atoms with E-state index < -0.39 is 0 Å². The van der Waals surface area contributed by atoms with Crippen LogP contribution in [-0.4, -0.2) is 19.7 Å². The molecule has 0 amide bonds. The highest BCUT2D eigenvalue weighted by atomic mass is 32.2. The summed E-state index contributed by atoms with van der Waals surface area (Å²) in [5, 5.41) is 9.17. The van der Waals surface area contributed by atoms with Crippen LogP contribution >= 0.6 is 11.8 Å². The Kier molecular flexibility index (Phi) is 4.14. The van der Waals surface area contributed by atoms with Crippen LogP contribution in [-0.2, 0) is 12.8 Å². The van der Waals surface area contributed by atoms with Crippen molar-refractivity contribution in [3.8, 4) is 5.69 Å². The highest BCUT2D eigenvalue weighted by molar-refractivity contribution is 7.99. The third-order valence-corrected chi connectivity index (χ3v) is 5.33. The highest BCUT2D eigenvalue weighted by Gasteiger charge is 2.24. The van der Waals surface area contributed by atoms with Crippen LogP contribution in [0.2, 0.25) is 0 Å². The Morgan fingerprint density at radius 2 is 1.92 bits per heavy atom. The number of hydrogen-bond donors (Lipinski definition) is 0. The summed E-state index contributed by atoms with van der Waals surface area (Å²) < 4.78 is 7.89. The van der Waals surface area contributed by atoms with E-state index in [9.17, 15) is 0 Å². The predicted octanol–water partition coefficient (Wildman–Crippen LogP) is 4.30. The molecule has 0 aliphatic heterocycles. The summed E-state index contributed by atoms with van der Waals surface area (Å²) in [4.78, 5) is 4.94. The molecule has 0 spiro atoms. The Morgan fingerprint density at radius 3 is 2.67 bits per heavy atom. The van der Waals surface area contributed by atoms with Crippen molar-refractivity contribution in [2.45, 2.75) is 49.9 Å². The van der Waals surface area contributed by atoms with Gasteiger partial charge in [0.2, 0.25) is 11.8 Å². The number of imidazole rings is 1. The minimum atomic E-state index is 0.0671. The summed E-state index contributed by atoms with van der Waals surface area (Å²) in [6.45, 7) is 3.90. The average molecular weight is 340 g/mol. The van der Waals surface area contributed by atoms with E-state index in [1.807, 2.05) is 13.0 Å². The van der Waals surface area contributed by atoms with Crippen molar-refractivity contribution in [2.75, 3.05) is 0 Å². The lowest BCUT2D eigenvalue weighted by Crippen LogP contribution is -2.07. The Labute approximate surface area is 145 Å². The fourth-order valence-corrected chi connectivity index (χ4v) is 4.12. The van der Waals surface area contributed by atoms with E-state index in [1.165, 1.54) is 29.9 Å². The average Bonchev–Trinajstić information content (AvgIpc) is 3.19. The normalized spacial score (nSPS) is 15.2. The zero-order valence-electron chi connectivity index (χ0n) is 13.9. The quantitative estimate of drug-likeness (QED) is 0.663. The van der Waals surface area contributed by atoms with Crippen LogP contribution < -0.4 is 0 Å². The molecule has 2 aromatic heterocycles. The third kappa shape index (κ3) is 2.86. The lowest BCUT2D eigenvalue weighted by Gasteiger charge is -2.15. The number of fused-ring (bicyclic) bond motifs is 1. The van der Waals surface area contributed by atoms with Crippen molar-refractivity contribution in [1.82, 2.24) is 19.7 Å². The smallest absolute Gasteiger partial charge is 0.229 e. The number of benzene rings is 1. The van der Waals surface area contributed by atoms with Gasteiger partial charge in [-0.3, -0.25) is 4.57 Å². The number of rotatable bonds is 4. The first-order valence-electron chi connectivity index (χ1n) is 8.35. The van der Waals surface area contributed by atoms with E-state index in [1.54, 1.807) is 11.8 Å². The number of nitrogens with zero attached hydrogens (tertiary/aromatic N) is 4. The maximum atomic E-state index is 5.59. The fraction of sp³-hybridized carbons (Fsp3) is 0.389. The molecule has 6 heteroatoms. The Bertz CT molecular complexity index is 840. The van der Waals surface area contributed by atoms with Gasteiger partial charge in [-0.05, 0) is 44.7 Å². The van der Waals surface area contributed by atoms with Crippen LogP contribution in [0.15, 0.2) is 39.9 Å². The van der Waals surface area contributed by atoms with Crippen LogP contribution in [0.4, 0.5) is 0 Å². The second-order valence-corrected chi connectivity index (χ2v) is 7.39. The summed E-state index contributed by atoms with van der Waals surface area (Å²) in [6, 6.07) is 10.5. The molecule has 1 aliphatic carbocycles. The minimum absolute atomic E-state index is 0.0671. The van der Waals surface area contributed by atoms with Crippen molar-refractivity contribution < 1.29 is 4.42 Å². The molecule has 0 N–H and O–H groups in total. The molecular formula is C18H20N4OS. The topological polar surface area (TPSA) is 56.7 Å². The lowest BCUT2D eigenvalue weighted by atomic mass is 10.0. The van der Waals surface area contributed by atoms with Gasteiger partial charge in [0.05, 0.1) is 10.9 Å².